The third kappa shape index (κ3) is 6.16. The molecule has 0 aromatic carbocycles. The van der Waals surface area contributed by atoms with Crippen LogP contribution in [-0.2, 0) is 17.9 Å². The summed E-state index contributed by atoms with van der Waals surface area (Å²) in [6, 6.07) is 0. The van der Waals surface area contributed by atoms with Crippen molar-refractivity contribution in [2.45, 2.75) is 65.1 Å². The summed E-state index contributed by atoms with van der Waals surface area (Å²) in [7, 11) is 0. The van der Waals surface area contributed by atoms with E-state index in [4.69, 9.17) is 0 Å². The van der Waals surface area contributed by atoms with Crippen LogP contribution in [0.15, 0.2) is 0 Å². The van der Waals surface area contributed by atoms with Gasteiger partial charge in [0.25, 0.3) is 0 Å². The Morgan fingerprint density at radius 3 is 2.88 bits per heavy atom. The van der Waals surface area contributed by atoms with E-state index in [0.717, 1.165) is 31.4 Å². The quantitative estimate of drug-likeness (QED) is 0.683. The van der Waals surface area contributed by atoms with Gasteiger partial charge in [-0.2, -0.15) is 0 Å². The molecular formula is C16H30N6O2. The minimum absolute atomic E-state index is 0.0397. The van der Waals surface area contributed by atoms with Crippen LogP contribution in [0.3, 0.4) is 0 Å². The Kier molecular flexibility index (Phi) is 7.58. The average molecular weight is 338 g/mol. The van der Waals surface area contributed by atoms with E-state index in [2.05, 4.69) is 32.7 Å². The lowest BCUT2D eigenvalue weighted by atomic mass is 9.99. The maximum absolute atomic E-state index is 11.7. The van der Waals surface area contributed by atoms with Crippen molar-refractivity contribution < 1.29 is 9.90 Å². The van der Waals surface area contributed by atoms with E-state index in [1.807, 2.05) is 6.92 Å². The van der Waals surface area contributed by atoms with Crippen LogP contribution in [0.4, 0.5) is 0 Å². The van der Waals surface area contributed by atoms with Crippen LogP contribution < -0.4 is 5.32 Å². The van der Waals surface area contributed by atoms with Crippen molar-refractivity contribution in [1.29, 1.82) is 0 Å². The monoisotopic (exact) mass is 338 g/mol. The van der Waals surface area contributed by atoms with E-state index in [9.17, 15) is 9.90 Å². The summed E-state index contributed by atoms with van der Waals surface area (Å²) in [4.78, 5) is 14.1. The molecule has 1 atom stereocenters. The van der Waals surface area contributed by atoms with Gasteiger partial charge in [0, 0.05) is 19.5 Å². The first-order valence-corrected chi connectivity index (χ1v) is 9.00. The first kappa shape index (κ1) is 18.8. The fourth-order valence-corrected chi connectivity index (χ4v) is 2.78. The summed E-state index contributed by atoms with van der Waals surface area (Å²) in [5.41, 5.74) is 0. The van der Waals surface area contributed by atoms with E-state index in [1.54, 1.807) is 4.68 Å². The van der Waals surface area contributed by atoms with Crippen molar-refractivity contribution >= 4 is 5.91 Å². The lowest BCUT2D eigenvalue weighted by molar-refractivity contribution is -0.121. The molecule has 1 aliphatic rings. The molecule has 0 radical (unpaired) electrons. The number of likely N-dealkylation sites (tertiary alicyclic amines) is 1. The van der Waals surface area contributed by atoms with Crippen molar-refractivity contribution in [2.75, 3.05) is 19.6 Å². The molecular weight excluding hydrogens is 308 g/mol. The maximum atomic E-state index is 11.7. The SMILES string of the molecule is CCC(O)CNC(=O)CCCn1nnnc1CN1CCC(C)CC1. The summed E-state index contributed by atoms with van der Waals surface area (Å²) in [5, 5.41) is 24.1. The molecule has 8 nitrogen and oxygen atoms in total. The molecule has 2 rings (SSSR count). The van der Waals surface area contributed by atoms with E-state index in [-0.39, 0.29) is 5.91 Å². The van der Waals surface area contributed by atoms with Gasteiger partial charge in [0.1, 0.15) is 0 Å². The summed E-state index contributed by atoms with van der Waals surface area (Å²) in [5.74, 6) is 1.63. The highest BCUT2D eigenvalue weighted by atomic mass is 16.3. The van der Waals surface area contributed by atoms with Gasteiger partial charge in [0.05, 0.1) is 12.6 Å². The van der Waals surface area contributed by atoms with Crippen LogP contribution in [0.1, 0.15) is 51.8 Å². The standard InChI is InChI=1S/C16H30N6O2/c1-3-14(23)11-17-16(24)5-4-8-22-15(18-19-20-22)12-21-9-6-13(2)7-10-21/h13-14,23H,3-12H2,1-2H3,(H,17,24). The zero-order chi connectivity index (χ0) is 17.4. The summed E-state index contributed by atoms with van der Waals surface area (Å²) < 4.78 is 1.80. The van der Waals surface area contributed by atoms with Gasteiger partial charge in [-0.3, -0.25) is 9.69 Å². The summed E-state index contributed by atoms with van der Waals surface area (Å²) in [6.45, 7) is 8.10. The number of nitrogens with zero attached hydrogens (tertiary/aromatic N) is 5. The molecule has 0 aliphatic carbocycles. The van der Waals surface area contributed by atoms with Gasteiger partial charge in [-0.05, 0) is 55.1 Å². The summed E-state index contributed by atoms with van der Waals surface area (Å²) in [6.07, 6.45) is 3.73. The number of amides is 1. The van der Waals surface area contributed by atoms with Gasteiger partial charge in [0.15, 0.2) is 5.82 Å². The predicted octanol–water partition coefficient (Wildman–Crippen LogP) is 0.572. The van der Waals surface area contributed by atoms with Crippen LogP contribution >= 0.6 is 0 Å². The highest BCUT2D eigenvalue weighted by Gasteiger charge is 2.18. The van der Waals surface area contributed by atoms with Crippen LogP contribution in [0, 0.1) is 5.92 Å². The first-order chi connectivity index (χ1) is 11.6. The molecule has 2 heterocycles. The first-order valence-electron chi connectivity index (χ1n) is 9.00. The largest absolute Gasteiger partial charge is 0.391 e. The van der Waals surface area contributed by atoms with Crippen molar-refractivity contribution in [1.82, 2.24) is 30.4 Å². The molecule has 1 aliphatic heterocycles. The molecule has 0 bridgehead atoms. The molecule has 1 aromatic heterocycles. The number of rotatable bonds is 9. The van der Waals surface area contributed by atoms with Crippen LogP contribution in [0.2, 0.25) is 0 Å². The second-order valence-electron chi connectivity index (χ2n) is 6.75. The molecule has 2 N–H and O–H groups in total. The fourth-order valence-electron chi connectivity index (χ4n) is 2.78. The second kappa shape index (κ2) is 9.68. The van der Waals surface area contributed by atoms with Crippen molar-refractivity contribution in [3.8, 4) is 0 Å². The molecule has 1 fully saturated rings. The van der Waals surface area contributed by atoms with Gasteiger partial charge >= 0.3 is 0 Å². The van der Waals surface area contributed by atoms with Gasteiger partial charge < -0.3 is 10.4 Å². The molecule has 1 saturated heterocycles. The Balaban J connectivity index is 1.70. The number of aryl methyl sites for hydroxylation is 1. The van der Waals surface area contributed by atoms with Gasteiger partial charge in [-0.15, -0.1) is 5.10 Å². The average Bonchev–Trinajstić information content (AvgIpc) is 3.02. The second-order valence-corrected chi connectivity index (χ2v) is 6.75. The smallest absolute Gasteiger partial charge is 0.220 e. The number of hydrogen-bond donors (Lipinski definition) is 2. The normalized spacial score (nSPS) is 17.8. The van der Waals surface area contributed by atoms with Crippen LogP contribution in [-0.4, -0.2) is 61.9 Å². The number of aromatic nitrogens is 4. The maximum Gasteiger partial charge on any atom is 0.220 e. The van der Waals surface area contributed by atoms with Crippen LogP contribution in [0.5, 0.6) is 0 Å². The molecule has 136 valence electrons. The zero-order valence-electron chi connectivity index (χ0n) is 14.8. The molecule has 0 saturated carbocycles. The highest BCUT2D eigenvalue weighted by molar-refractivity contribution is 5.75. The number of aliphatic hydroxyl groups excluding tert-OH is 1. The van der Waals surface area contributed by atoms with Gasteiger partial charge in [-0.25, -0.2) is 4.68 Å². The Hall–Kier alpha value is -1.54. The number of nitrogens with one attached hydrogen (secondary N) is 1. The Labute approximate surface area is 143 Å². The topological polar surface area (TPSA) is 96.2 Å². The van der Waals surface area contributed by atoms with E-state index >= 15 is 0 Å². The Morgan fingerprint density at radius 2 is 2.17 bits per heavy atom. The Bertz CT molecular complexity index is 499. The molecule has 1 amide bonds. The third-order valence-corrected chi connectivity index (χ3v) is 4.63. The Morgan fingerprint density at radius 1 is 1.42 bits per heavy atom. The molecule has 0 spiro atoms. The summed E-state index contributed by atoms with van der Waals surface area (Å²) >= 11 is 0. The van der Waals surface area contributed by atoms with Crippen molar-refractivity contribution in [3.05, 3.63) is 5.82 Å². The third-order valence-electron chi connectivity index (χ3n) is 4.63. The molecule has 1 unspecified atom stereocenters. The van der Waals surface area contributed by atoms with Gasteiger partial charge in [0.2, 0.25) is 5.91 Å². The number of piperidine rings is 1. The van der Waals surface area contributed by atoms with Crippen LogP contribution in [0.25, 0.3) is 0 Å². The number of carbonyl (C=O) groups is 1. The fraction of sp³-hybridized carbons (Fsp3) is 0.875. The highest BCUT2D eigenvalue weighted by Crippen LogP contribution is 2.17. The number of hydrogen-bond acceptors (Lipinski definition) is 6. The van der Waals surface area contributed by atoms with Gasteiger partial charge in [-0.1, -0.05) is 13.8 Å². The number of aliphatic hydroxyl groups is 1. The predicted molar refractivity (Wildman–Crippen MR) is 90.0 cm³/mol. The van der Waals surface area contributed by atoms with E-state index < -0.39 is 6.10 Å². The lowest BCUT2D eigenvalue weighted by Crippen LogP contribution is -2.33. The van der Waals surface area contributed by atoms with E-state index in [1.165, 1.54) is 12.8 Å². The number of tetrazole rings is 1. The minimum Gasteiger partial charge on any atom is -0.391 e. The molecule has 1 aromatic rings. The van der Waals surface area contributed by atoms with Crippen molar-refractivity contribution in [2.24, 2.45) is 5.92 Å². The van der Waals surface area contributed by atoms with Crippen molar-refractivity contribution in [3.63, 3.8) is 0 Å². The molecule has 8 heteroatoms. The minimum atomic E-state index is -0.465. The van der Waals surface area contributed by atoms with E-state index in [0.29, 0.717) is 32.4 Å². The zero-order valence-corrected chi connectivity index (χ0v) is 14.8. The lowest BCUT2D eigenvalue weighted by Gasteiger charge is -2.29. The number of carbonyl (C=O) groups excluding carboxylic acids is 1. The molecule has 24 heavy (non-hydrogen) atoms.